The SMILES string of the molecule is Cn1ncnc1CNC(=O)CCc1cc(F)ccc1Br. The molecule has 0 aliphatic carbocycles. The molecule has 0 saturated heterocycles. The van der Waals surface area contributed by atoms with Crippen LogP contribution in [-0.2, 0) is 24.8 Å². The second-order valence-electron chi connectivity index (χ2n) is 4.31. The fourth-order valence-corrected chi connectivity index (χ4v) is 2.17. The van der Waals surface area contributed by atoms with Gasteiger partial charge in [0, 0.05) is 17.9 Å². The molecule has 1 heterocycles. The van der Waals surface area contributed by atoms with Crippen LogP contribution in [-0.4, -0.2) is 20.7 Å². The topological polar surface area (TPSA) is 59.8 Å². The number of aromatic nitrogens is 3. The van der Waals surface area contributed by atoms with Gasteiger partial charge >= 0.3 is 0 Å². The predicted molar refractivity (Wildman–Crippen MR) is 75.3 cm³/mol. The zero-order chi connectivity index (χ0) is 14.5. The number of carbonyl (C=O) groups excluding carboxylic acids is 1. The Kier molecular flexibility index (Phi) is 4.84. The van der Waals surface area contributed by atoms with Gasteiger partial charge in [-0.25, -0.2) is 9.37 Å². The third-order valence-electron chi connectivity index (χ3n) is 2.88. The Bertz CT molecular complexity index is 614. The summed E-state index contributed by atoms with van der Waals surface area (Å²) in [4.78, 5) is 15.8. The van der Waals surface area contributed by atoms with E-state index in [1.54, 1.807) is 17.8 Å². The van der Waals surface area contributed by atoms with E-state index in [1.807, 2.05) is 0 Å². The van der Waals surface area contributed by atoms with Crippen molar-refractivity contribution in [2.75, 3.05) is 0 Å². The predicted octanol–water partition coefficient (Wildman–Crippen LogP) is 1.97. The number of nitrogens with one attached hydrogen (secondary N) is 1. The first kappa shape index (κ1) is 14.6. The number of carbonyl (C=O) groups is 1. The molecule has 1 aromatic carbocycles. The molecule has 1 aromatic heterocycles. The van der Waals surface area contributed by atoms with Crippen LogP contribution >= 0.6 is 15.9 Å². The first-order valence-corrected chi connectivity index (χ1v) is 6.89. The Morgan fingerprint density at radius 3 is 3.00 bits per heavy atom. The van der Waals surface area contributed by atoms with Crippen molar-refractivity contribution in [3.05, 3.63) is 46.2 Å². The van der Waals surface area contributed by atoms with Crippen LogP contribution in [0.5, 0.6) is 0 Å². The van der Waals surface area contributed by atoms with Crippen LogP contribution in [0, 0.1) is 5.82 Å². The van der Waals surface area contributed by atoms with E-state index < -0.39 is 0 Å². The highest BCUT2D eigenvalue weighted by atomic mass is 79.9. The maximum Gasteiger partial charge on any atom is 0.220 e. The smallest absolute Gasteiger partial charge is 0.220 e. The molecule has 0 aliphatic heterocycles. The van der Waals surface area contributed by atoms with Gasteiger partial charge in [-0.05, 0) is 30.2 Å². The molecule has 0 radical (unpaired) electrons. The van der Waals surface area contributed by atoms with Gasteiger partial charge in [0.1, 0.15) is 18.0 Å². The Balaban J connectivity index is 1.83. The minimum absolute atomic E-state index is 0.107. The average Bonchev–Trinajstić information content (AvgIpc) is 2.83. The fourth-order valence-electron chi connectivity index (χ4n) is 1.73. The van der Waals surface area contributed by atoms with Crippen LogP contribution in [0.2, 0.25) is 0 Å². The second kappa shape index (κ2) is 6.60. The number of halogens is 2. The molecule has 0 bridgehead atoms. The van der Waals surface area contributed by atoms with Crippen molar-refractivity contribution in [1.82, 2.24) is 20.1 Å². The van der Waals surface area contributed by atoms with Crippen LogP contribution in [0.25, 0.3) is 0 Å². The van der Waals surface area contributed by atoms with E-state index in [2.05, 4.69) is 31.3 Å². The minimum atomic E-state index is -0.303. The lowest BCUT2D eigenvalue weighted by molar-refractivity contribution is -0.121. The van der Waals surface area contributed by atoms with E-state index in [4.69, 9.17) is 0 Å². The average molecular weight is 341 g/mol. The molecule has 0 atom stereocenters. The standard InChI is InChI=1S/C13H14BrFN4O/c1-19-12(17-8-18-19)7-16-13(20)5-2-9-6-10(15)3-4-11(9)14/h3-4,6,8H,2,5,7H2,1H3,(H,16,20). The van der Waals surface area contributed by atoms with Gasteiger partial charge in [-0.2, -0.15) is 5.10 Å². The van der Waals surface area contributed by atoms with Gasteiger partial charge in [0.15, 0.2) is 0 Å². The second-order valence-corrected chi connectivity index (χ2v) is 5.17. The third-order valence-corrected chi connectivity index (χ3v) is 3.65. The van der Waals surface area contributed by atoms with E-state index in [-0.39, 0.29) is 11.7 Å². The Morgan fingerprint density at radius 1 is 1.50 bits per heavy atom. The number of rotatable bonds is 5. The van der Waals surface area contributed by atoms with Crippen molar-refractivity contribution < 1.29 is 9.18 Å². The summed E-state index contributed by atoms with van der Waals surface area (Å²) in [5.74, 6) is 0.275. The fraction of sp³-hybridized carbons (Fsp3) is 0.308. The quantitative estimate of drug-likeness (QED) is 0.905. The molecule has 0 saturated carbocycles. The van der Waals surface area contributed by atoms with E-state index in [1.165, 1.54) is 18.5 Å². The summed E-state index contributed by atoms with van der Waals surface area (Å²) in [7, 11) is 1.76. The zero-order valence-corrected chi connectivity index (χ0v) is 12.5. The van der Waals surface area contributed by atoms with Gasteiger partial charge in [-0.1, -0.05) is 15.9 Å². The summed E-state index contributed by atoms with van der Waals surface area (Å²) in [6.07, 6.45) is 2.20. The molecule has 20 heavy (non-hydrogen) atoms. The molecule has 0 unspecified atom stereocenters. The van der Waals surface area contributed by atoms with Crippen LogP contribution in [0.1, 0.15) is 17.8 Å². The minimum Gasteiger partial charge on any atom is -0.349 e. The first-order chi connectivity index (χ1) is 9.56. The van der Waals surface area contributed by atoms with E-state index in [0.717, 1.165) is 10.0 Å². The molecular formula is C13H14BrFN4O. The molecule has 2 aromatic rings. The molecule has 106 valence electrons. The summed E-state index contributed by atoms with van der Waals surface area (Å²) >= 11 is 3.34. The monoisotopic (exact) mass is 340 g/mol. The lowest BCUT2D eigenvalue weighted by Crippen LogP contribution is -2.24. The van der Waals surface area contributed by atoms with Gasteiger partial charge in [-0.15, -0.1) is 0 Å². The van der Waals surface area contributed by atoms with Gasteiger partial charge in [0.25, 0.3) is 0 Å². The van der Waals surface area contributed by atoms with Crippen LogP contribution in [0.15, 0.2) is 29.0 Å². The van der Waals surface area contributed by atoms with Crippen molar-refractivity contribution in [2.45, 2.75) is 19.4 Å². The Morgan fingerprint density at radius 2 is 2.30 bits per heavy atom. The zero-order valence-electron chi connectivity index (χ0n) is 10.9. The highest BCUT2D eigenvalue weighted by molar-refractivity contribution is 9.10. The number of amides is 1. The number of hydrogen-bond acceptors (Lipinski definition) is 3. The molecule has 0 aliphatic rings. The molecular weight excluding hydrogens is 327 g/mol. The van der Waals surface area contributed by atoms with E-state index >= 15 is 0 Å². The van der Waals surface area contributed by atoms with Crippen LogP contribution in [0.4, 0.5) is 4.39 Å². The molecule has 2 rings (SSSR count). The summed E-state index contributed by atoms with van der Waals surface area (Å²) in [6, 6.07) is 4.45. The highest BCUT2D eigenvalue weighted by Gasteiger charge is 2.07. The Hall–Kier alpha value is -1.76. The molecule has 5 nitrogen and oxygen atoms in total. The summed E-state index contributed by atoms with van der Waals surface area (Å²) in [6.45, 7) is 0.333. The maximum absolute atomic E-state index is 13.1. The maximum atomic E-state index is 13.1. The van der Waals surface area contributed by atoms with Crippen molar-refractivity contribution in [2.24, 2.45) is 7.05 Å². The number of aryl methyl sites for hydroxylation is 2. The molecule has 1 amide bonds. The van der Waals surface area contributed by atoms with Crippen molar-refractivity contribution in [1.29, 1.82) is 0 Å². The summed E-state index contributed by atoms with van der Waals surface area (Å²) < 4.78 is 15.5. The van der Waals surface area contributed by atoms with E-state index in [0.29, 0.717) is 25.2 Å². The highest BCUT2D eigenvalue weighted by Crippen LogP contribution is 2.19. The Labute approximate surface area is 124 Å². The first-order valence-electron chi connectivity index (χ1n) is 6.10. The van der Waals surface area contributed by atoms with Gasteiger partial charge in [0.05, 0.1) is 6.54 Å². The lowest BCUT2D eigenvalue weighted by Gasteiger charge is -2.06. The van der Waals surface area contributed by atoms with Gasteiger partial charge < -0.3 is 5.32 Å². The van der Waals surface area contributed by atoms with Crippen LogP contribution < -0.4 is 5.32 Å². The van der Waals surface area contributed by atoms with Gasteiger partial charge in [0.2, 0.25) is 5.91 Å². The van der Waals surface area contributed by atoms with Crippen LogP contribution in [0.3, 0.4) is 0 Å². The third kappa shape index (κ3) is 3.86. The van der Waals surface area contributed by atoms with E-state index in [9.17, 15) is 9.18 Å². The lowest BCUT2D eigenvalue weighted by atomic mass is 10.1. The molecule has 0 fully saturated rings. The number of hydrogen-bond donors (Lipinski definition) is 1. The van der Waals surface area contributed by atoms with Gasteiger partial charge in [-0.3, -0.25) is 9.48 Å². The summed E-state index contributed by atoms with van der Waals surface area (Å²) in [5.41, 5.74) is 0.777. The van der Waals surface area contributed by atoms with Crippen molar-refractivity contribution in [3.63, 3.8) is 0 Å². The number of nitrogens with zero attached hydrogens (tertiary/aromatic N) is 3. The molecule has 0 spiro atoms. The molecule has 1 N–H and O–H groups in total. The van der Waals surface area contributed by atoms with Crippen molar-refractivity contribution >= 4 is 21.8 Å². The number of benzene rings is 1. The summed E-state index contributed by atoms with van der Waals surface area (Å²) in [5, 5.41) is 6.67. The largest absolute Gasteiger partial charge is 0.349 e. The normalized spacial score (nSPS) is 10.6. The molecule has 7 heteroatoms. The van der Waals surface area contributed by atoms with Crippen molar-refractivity contribution in [3.8, 4) is 0 Å².